The summed E-state index contributed by atoms with van der Waals surface area (Å²) in [7, 11) is 0. The number of hydrogen-bond donors (Lipinski definition) is 0. The predicted molar refractivity (Wildman–Crippen MR) is 256 cm³/mol. The van der Waals surface area contributed by atoms with Crippen LogP contribution in [0.2, 0.25) is 0 Å². The van der Waals surface area contributed by atoms with E-state index < -0.39 is 0 Å². The highest BCUT2D eigenvalue weighted by Crippen LogP contribution is 2.38. The van der Waals surface area contributed by atoms with E-state index in [1.807, 2.05) is 0 Å². The normalized spacial score (nSPS) is 11.5. The Morgan fingerprint density at radius 2 is 0.565 bits per heavy atom. The molecule has 0 fully saturated rings. The maximum absolute atomic E-state index is 5.48. The summed E-state index contributed by atoms with van der Waals surface area (Å²) in [5.74, 6) is 1.67. The third kappa shape index (κ3) is 6.06. The van der Waals surface area contributed by atoms with Crippen molar-refractivity contribution in [2.75, 3.05) is 0 Å². The predicted octanol–water partition coefficient (Wildman–Crippen LogP) is 14.4. The molecule has 0 saturated carbocycles. The molecule has 0 aliphatic heterocycles. The third-order valence-electron chi connectivity index (χ3n) is 12.0. The van der Waals surface area contributed by atoms with E-state index in [9.17, 15) is 0 Å². The molecule has 0 spiro atoms. The standard InChI is InChI=1S/C57H37N5/c1-4-16-38(17-5-1)41-22-14-23-42(34-41)43-24-15-25-46(35-43)55-58-56(61-51-28-12-10-26-47(51)49-32-30-44(36-53(49)61)39-18-6-2-7-19-39)60-57(59-55)62-52-29-13-11-27-48(52)50-33-31-45(37-54(50)62)40-20-8-3-9-21-40/h1-37H. The van der Waals surface area contributed by atoms with Gasteiger partial charge in [0.05, 0.1) is 22.1 Å². The van der Waals surface area contributed by atoms with Crippen molar-refractivity contribution in [3.63, 3.8) is 0 Å². The summed E-state index contributed by atoms with van der Waals surface area (Å²) in [6.45, 7) is 0. The second kappa shape index (κ2) is 14.7. The van der Waals surface area contributed by atoms with Gasteiger partial charge in [-0.2, -0.15) is 15.0 Å². The van der Waals surface area contributed by atoms with Gasteiger partial charge in [-0.3, -0.25) is 9.13 Å². The first-order chi connectivity index (χ1) is 30.7. The van der Waals surface area contributed by atoms with Crippen LogP contribution in [-0.4, -0.2) is 24.1 Å². The van der Waals surface area contributed by atoms with Gasteiger partial charge in [0.25, 0.3) is 0 Å². The van der Waals surface area contributed by atoms with Gasteiger partial charge >= 0.3 is 0 Å². The molecule has 0 saturated heterocycles. The second-order valence-electron chi connectivity index (χ2n) is 15.7. The summed E-state index contributed by atoms with van der Waals surface area (Å²) in [6.07, 6.45) is 0. The van der Waals surface area contributed by atoms with Crippen LogP contribution in [0, 0.1) is 0 Å². The Bertz CT molecular complexity index is 3450. The molecule has 0 amide bonds. The van der Waals surface area contributed by atoms with Gasteiger partial charge < -0.3 is 0 Å². The summed E-state index contributed by atoms with van der Waals surface area (Å²) in [5, 5.41) is 4.53. The topological polar surface area (TPSA) is 48.5 Å². The molecule has 12 aromatic rings. The lowest BCUT2D eigenvalue weighted by Crippen LogP contribution is -2.10. The summed E-state index contributed by atoms with van der Waals surface area (Å²) in [5.41, 5.74) is 14.1. The van der Waals surface area contributed by atoms with Crippen molar-refractivity contribution in [2.24, 2.45) is 0 Å². The Morgan fingerprint density at radius 1 is 0.226 bits per heavy atom. The first kappa shape index (κ1) is 35.5. The van der Waals surface area contributed by atoms with Crippen LogP contribution in [0.3, 0.4) is 0 Å². The van der Waals surface area contributed by atoms with Gasteiger partial charge in [0.2, 0.25) is 11.9 Å². The lowest BCUT2D eigenvalue weighted by Gasteiger charge is -2.14. The molecule has 5 nitrogen and oxygen atoms in total. The first-order valence-corrected chi connectivity index (χ1v) is 20.9. The highest BCUT2D eigenvalue weighted by atomic mass is 15.3. The molecule has 9 aromatic carbocycles. The monoisotopic (exact) mass is 791 g/mol. The molecule has 5 heteroatoms. The van der Waals surface area contributed by atoms with Gasteiger partial charge in [0.15, 0.2) is 5.82 Å². The molecular formula is C57H37N5. The Labute approximate surface area is 358 Å². The maximum Gasteiger partial charge on any atom is 0.240 e. The van der Waals surface area contributed by atoms with Gasteiger partial charge in [-0.15, -0.1) is 0 Å². The van der Waals surface area contributed by atoms with Crippen LogP contribution >= 0.6 is 0 Å². The van der Waals surface area contributed by atoms with Crippen molar-refractivity contribution in [2.45, 2.75) is 0 Å². The fourth-order valence-electron chi connectivity index (χ4n) is 9.02. The lowest BCUT2D eigenvalue weighted by molar-refractivity contribution is 0.893. The Hall–Kier alpha value is -8.41. The Balaban J connectivity index is 1.13. The molecule has 0 N–H and O–H groups in total. The SMILES string of the molecule is c1ccc(-c2cccc(-c3cccc(-c4nc(-n5c6ccccc6c6ccc(-c7ccccc7)cc65)nc(-n5c6ccccc6c6ccc(-c7ccccc7)cc65)n4)c3)c2)cc1. The van der Waals surface area contributed by atoms with Crippen LogP contribution in [0.25, 0.3) is 111 Å². The van der Waals surface area contributed by atoms with Crippen molar-refractivity contribution in [1.29, 1.82) is 0 Å². The van der Waals surface area contributed by atoms with Gasteiger partial charge in [0.1, 0.15) is 0 Å². The van der Waals surface area contributed by atoms with E-state index in [4.69, 9.17) is 15.0 Å². The Kier molecular flexibility index (Phi) is 8.42. The van der Waals surface area contributed by atoms with Crippen LogP contribution in [-0.2, 0) is 0 Å². The maximum atomic E-state index is 5.48. The van der Waals surface area contributed by atoms with Crippen LogP contribution in [0.4, 0.5) is 0 Å². The van der Waals surface area contributed by atoms with Gasteiger partial charge in [-0.25, -0.2) is 0 Å². The third-order valence-corrected chi connectivity index (χ3v) is 12.0. The molecule has 0 atom stereocenters. The molecular weight excluding hydrogens is 755 g/mol. The zero-order chi connectivity index (χ0) is 41.0. The van der Waals surface area contributed by atoms with Crippen LogP contribution < -0.4 is 0 Å². The molecule has 0 bridgehead atoms. The number of rotatable bonds is 7. The number of hydrogen-bond acceptors (Lipinski definition) is 3. The summed E-state index contributed by atoms with van der Waals surface area (Å²) >= 11 is 0. The average molecular weight is 792 g/mol. The molecule has 12 rings (SSSR count). The van der Waals surface area contributed by atoms with E-state index in [2.05, 4.69) is 234 Å². The number of fused-ring (bicyclic) bond motifs is 6. The molecule has 3 aromatic heterocycles. The fraction of sp³-hybridized carbons (Fsp3) is 0. The van der Waals surface area contributed by atoms with E-state index in [-0.39, 0.29) is 0 Å². The zero-order valence-corrected chi connectivity index (χ0v) is 33.6. The Morgan fingerprint density at radius 3 is 1.03 bits per heavy atom. The number of nitrogens with zero attached hydrogens (tertiary/aromatic N) is 5. The highest BCUT2D eigenvalue weighted by molar-refractivity contribution is 6.11. The van der Waals surface area contributed by atoms with Crippen molar-refractivity contribution in [3.8, 4) is 67.8 Å². The largest absolute Gasteiger partial charge is 0.278 e. The molecule has 0 aliphatic rings. The second-order valence-corrected chi connectivity index (χ2v) is 15.7. The number of para-hydroxylation sites is 2. The van der Waals surface area contributed by atoms with E-state index in [1.54, 1.807) is 0 Å². The van der Waals surface area contributed by atoms with E-state index in [0.29, 0.717) is 17.7 Å². The first-order valence-electron chi connectivity index (χ1n) is 20.9. The molecule has 0 aliphatic carbocycles. The number of benzene rings is 9. The van der Waals surface area contributed by atoms with Gasteiger partial charge in [0, 0.05) is 27.1 Å². The summed E-state index contributed by atoms with van der Waals surface area (Å²) < 4.78 is 4.42. The smallest absolute Gasteiger partial charge is 0.240 e. The quantitative estimate of drug-likeness (QED) is 0.162. The van der Waals surface area contributed by atoms with E-state index in [0.717, 1.165) is 82.6 Å². The van der Waals surface area contributed by atoms with E-state index >= 15 is 0 Å². The minimum atomic E-state index is 0.544. The summed E-state index contributed by atoms with van der Waals surface area (Å²) in [4.78, 5) is 16.3. The highest BCUT2D eigenvalue weighted by Gasteiger charge is 2.21. The van der Waals surface area contributed by atoms with Gasteiger partial charge in [-0.05, 0) is 80.9 Å². The van der Waals surface area contributed by atoms with Crippen molar-refractivity contribution in [1.82, 2.24) is 24.1 Å². The number of aromatic nitrogens is 5. The van der Waals surface area contributed by atoms with Crippen molar-refractivity contribution >= 4 is 43.6 Å². The average Bonchev–Trinajstić information content (AvgIpc) is 3.87. The minimum Gasteiger partial charge on any atom is -0.278 e. The van der Waals surface area contributed by atoms with Crippen LogP contribution in [0.1, 0.15) is 0 Å². The molecule has 62 heavy (non-hydrogen) atoms. The lowest BCUT2D eigenvalue weighted by atomic mass is 9.98. The minimum absolute atomic E-state index is 0.544. The fourth-order valence-corrected chi connectivity index (χ4v) is 9.02. The van der Waals surface area contributed by atoms with E-state index in [1.165, 1.54) is 11.1 Å². The molecule has 3 heterocycles. The molecule has 0 unspecified atom stereocenters. The summed E-state index contributed by atoms with van der Waals surface area (Å²) in [6, 6.07) is 79.3. The van der Waals surface area contributed by atoms with Crippen LogP contribution in [0.15, 0.2) is 224 Å². The van der Waals surface area contributed by atoms with Crippen LogP contribution in [0.5, 0.6) is 0 Å². The van der Waals surface area contributed by atoms with Crippen molar-refractivity contribution < 1.29 is 0 Å². The molecule has 290 valence electrons. The van der Waals surface area contributed by atoms with Crippen molar-refractivity contribution in [3.05, 3.63) is 224 Å². The van der Waals surface area contributed by atoms with Gasteiger partial charge in [-0.1, -0.05) is 188 Å². The zero-order valence-electron chi connectivity index (χ0n) is 33.6. The molecule has 0 radical (unpaired) electrons.